The predicted octanol–water partition coefficient (Wildman–Crippen LogP) is 3.28. The first-order valence-electron chi connectivity index (χ1n) is 8.49. The van der Waals surface area contributed by atoms with Crippen molar-refractivity contribution in [3.05, 3.63) is 47.9 Å². The maximum absolute atomic E-state index is 12.4. The van der Waals surface area contributed by atoms with Crippen LogP contribution in [0.5, 0.6) is 5.88 Å². The van der Waals surface area contributed by atoms with Crippen LogP contribution in [0.25, 0.3) is 11.0 Å². The van der Waals surface area contributed by atoms with Crippen molar-refractivity contribution in [2.24, 2.45) is 0 Å². The first kappa shape index (κ1) is 19.6. The van der Waals surface area contributed by atoms with E-state index in [-0.39, 0.29) is 18.5 Å². The zero-order valence-corrected chi connectivity index (χ0v) is 15.2. The lowest BCUT2D eigenvalue weighted by atomic mass is 10.2. The summed E-state index contributed by atoms with van der Waals surface area (Å²) < 4.78 is 43.5. The van der Waals surface area contributed by atoms with Crippen molar-refractivity contribution in [1.29, 1.82) is 0 Å². The second-order valence-corrected chi connectivity index (χ2v) is 6.37. The second kappa shape index (κ2) is 7.83. The Morgan fingerprint density at radius 2 is 2.07 bits per heavy atom. The number of fused-ring (bicyclic) bond motifs is 1. The van der Waals surface area contributed by atoms with Crippen LogP contribution in [0.1, 0.15) is 35.8 Å². The van der Waals surface area contributed by atoms with E-state index < -0.39 is 18.7 Å². The molecule has 10 heteroatoms. The molecule has 0 atom stereocenters. The van der Waals surface area contributed by atoms with Crippen molar-refractivity contribution >= 4 is 16.9 Å². The van der Waals surface area contributed by atoms with Gasteiger partial charge in [-0.25, -0.2) is 14.6 Å². The fraction of sp³-hybridized carbons (Fsp3) is 0.333. The third-order valence-electron chi connectivity index (χ3n) is 3.85. The van der Waals surface area contributed by atoms with Gasteiger partial charge in [0, 0.05) is 35.9 Å². The van der Waals surface area contributed by atoms with Crippen LogP contribution in [0.2, 0.25) is 0 Å². The zero-order chi connectivity index (χ0) is 20.3. The molecule has 3 aromatic rings. The highest BCUT2D eigenvalue weighted by atomic mass is 19.4. The normalized spacial score (nSPS) is 11.8. The van der Waals surface area contributed by atoms with Gasteiger partial charge in [0.1, 0.15) is 0 Å². The third-order valence-corrected chi connectivity index (χ3v) is 3.85. The second-order valence-electron chi connectivity index (χ2n) is 6.37. The third kappa shape index (κ3) is 4.56. The van der Waals surface area contributed by atoms with Gasteiger partial charge < -0.3 is 10.1 Å². The summed E-state index contributed by atoms with van der Waals surface area (Å²) in [6, 6.07) is 4.88. The Morgan fingerprint density at radius 1 is 1.29 bits per heavy atom. The average Bonchev–Trinajstić information content (AvgIpc) is 3.08. The van der Waals surface area contributed by atoms with Crippen molar-refractivity contribution in [3.63, 3.8) is 0 Å². The molecule has 7 nitrogen and oxygen atoms in total. The van der Waals surface area contributed by atoms with Gasteiger partial charge in [0.25, 0.3) is 5.91 Å². The predicted molar refractivity (Wildman–Crippen MR) is 94.9 cm³/mol. The molecule has 0 aromatic carbocycles. The number of hydrogen-bond donors (Lipinski definition) is 1. The van der Waals surface area contributed by atoms with Crippen molar-refractivity contribution in [1.82, 2.24) is 25.1 Å². The molecule has 28 heavy (non-hydrogen) atoms. The minimum absolute atomic E-state index is 0.0385. The number of aromatic nitrogens is 4. The fourth-order valence-corrected chi connectivity index (χ4v) is 2.56. The Kier molecular flexibility index (Phi) is 5.48. The van der Waals surface area contributed by atoms with Gasteiger partial charge in [0.2, 0.25) is 5.88 Å². The maximum Gasteiger partial charge on any atom is 0.422 e. The number of carbonyl (C=O) groups is 1. The summed E-state index contributed by atoms with van der Waals surface area (Å²) in [6.45, 7) is 2.46. The van der Waals surface area contributed by atoms with Crippen LogP contribution in [0.15, 0.2) is 36.8 Å². The van der Waals surface area contributed by atoms with Crippen LogP contribution in [0.3, 0.4) is 0 Å². The Balaban J connectivity index is 1.70. The molecule has 0 spiro atoms. The van der Waals surface area contributed by atoms with Gasteiger partial charge in [0.15, 0.2) is 12.3 Å². The van der Waals surface area contributed by atoms with Gasteiger partial charge >= 0.3 is 6.18 Å². The van der Waals surface area contributed by atoms with Gasteiger partial charge in [-0.15, -0.1) is 0 Å². The number of nitrogens with zero attached hydrogens (tertiary/aromatic N) is 4. The molecule has 0 bridgehead atoms. The largest absolute Gasteiger partial charge is 0.468 e. The van der Waals surface area contributed by atoms with E-state index in [9.17, 15) is 18.0 Å². The number of amides is 1. The topological polar surface area (TPSA) is 81.9 Å². The van der Waals surface area contributed by atoms with E-state index in [2.05, 4.69) is 20.4 Å². The van der Waals surface area contributed by atoms with Crippen LogP contribution in [0, 0.1) is 0 Å². The quantitative estimate of drug-likeness (QED) is 0.695. The number of halogens is 3. The van der Waals surface area contributed by atoms with E-state index in [1.54, 1.807) is 23.0 Å². The lowest BCUT2D eigenvalue weighted by molar-refractivity contribution is -0.154. The lowest BCUT2D eigenvalue weighted by Crippen LogP contribution is -2.24. The highest BCUT2D eigenvalue weighted by Gasteiger charge is 2.29. The smallest absolute Gasteiger partial charge is 0.422 e. The molecule has 3 rings (SSSR count). The van der Waals surface area contributed by atoms with E-state index in [4.69, 9.17) is 4.74 Å². The summed E-state index contributed by atoms with van der Waals surface area (Å²) in [5.41, 5.74) is 1.32. The van der Waals surface area contributed by atoms with E-state index >= 15 is 0 Å². The number of pyridine rings is 2. The van der Waals surface area contributed by atoms with Crippen LogP contribution >= 0.6 is 0 Å². The van der Waals surface area contributed by atoms with Crippen molar-refractivity contribution in [2.75, 3.05) is 6.61 Å². The minimum Gasteiger partial charge on any atom is -0.468 e. The van der Waals surface area contributed by atoms with Gasteiger partial charge in [-0.05, 0) is 26.0 Å². The van der Waals surface area contributed by atoms with Gasteiger partial charge in [0.05, 0.1) is 11.8 Å². The van der Waals surface area contributed by atoms with Crippen molar-refractivity contribution in [2.45, 2.75) is 32.6 Å². The molecule has 0 saturated heterocycles. The highest BCUT2D eigenvalue weighted by molar-refractivity contribution is 5.96. The Labute approximate surface area is 158 Å². The first-order valence-corrected chi connectivity index (χ1v) is 8.49. The molecule has 1 amide bonds. The summed E-state index contributed by atoms with van der Waals surface area (Å²) in [5, 5.41) is 7.61. The molecule has 0 aliphatic rings. The summed E-state index contributed by atoms with van der Waals surface area (Å²) >= 11 is 0. The summed E-state index contributed by atoms with van der Waals surface area (Å²) in [4.78, 5) is 20.5. The maximum atomic E-state index is 12.4. The Bertz CT molecular complexity index is 985. The Morgan fingerprint density at radius 3 is 2.79 bits per heavy atom. The SMILES string of the molecule is CC(C)n1ncc2cc(C(=O)NCc3cccnc3OCC(F)(F)F)cnc21. The van der Waals surface area contributed by atoms with Crippen molar-refractivity contribution in [3.8, 4) is 5.88 Å². The number of rotatable bonds is 6. The Hall–Kier alpha value is -3.17. The molecule has 0 saturated carbocycles. The van der Waals surface area contributed by atoms with Gasteiger partial charge in [-0.2, -0.15) is 18.3 Å². The first-order chi connectivity index (χ1) is 13.2. The number of ether oxygens (including phenoxy) is 1. The minimum atomic E-state index is -4.47. The molecule has 1 N–H and O–H groups in total. The molecule has 0 fully saturated rings. The monoisotopic (exact) mass is 393 g/mol. The number of carbonyl (C=O) groups excluding carboxylic acids is 1. The van der Waals surface area contributed by atoms with Crippen LogP contribution in [0.4, 0.5) is 13.2 Å². The molecule has 0 radical (unpaired) electrons. The highest BCUT2D eigenvalue weighted by Crippen LogP contribution is 2.20. The summed E-state index contributed by atoms with van der Waals surface area (Å²) in [6.07, 6.45) is -0.0906. The van der Waals surface area contributed by atoms with Gasteiger partial charge in [-0.1, -0.05) is 6.07 Å². The summed E-state index contributed by atoms with van der Waals surface area (Å²) in [7, 11) is 0. The number of hydrogen-bond acceptors (Lipinski definition) is 5. The molecule has 0 aliphatic carbocycles. The average molecular weight is 393 g/mol. The summed E-state index contributed by atoms with van der Waals surface area (Å²) in [5.74, 6) is -0.593. The van der Waals surface area contributed by atoms with E-state index in [1.165, 1.54) is 18.5 Å². The zero-order valence-electron chi connectivity index (χ0n) is 15.2. The van der Waals surface area contributed by atoms with Crippen LogP contribution < -0.4 is 10.1 Å². The number of nitrogens with one attached hydrogen (secondary N) is 1. The molecular weight excluding hydrogens is 375 g/mol. The van der Waals surface area contributed by atoms with Crippen LogP contribution in [-0.2, 0) is 6.54 Å². The van der Waals surface area contributed by atoms with Crippen LogP contribution in [-0.4, -0.2) is 38.4 Å². The molecule has 0 unspecified atom stereocenters. The van der Waals surface area contributed by atoms with E-state index in [0.717, 1.165) is 5.39 Å². The molecule has 3 heterocycles. The molecule has 148 valence electrons. The van der Waals surface area contributed by atoms with Crippen molar-refractivity contribution < 1.29 is 22.7 Å². The lowest BCUT2D eigenvalue weighted by Gasteiger charge is -2.12. The van der Waals surface area contributed by atoms with Gasteiger partial charge in [-0.3, -0.25) is 4.79 Å². The van der Waals surface area contributed by atoms with E-state index in [0.29, 0.717) is 16.8 Å². The molecular formula is C18H18F3N5O2. The number of alkyl halides is 3. The molecule has 3 aromatic heterocycles. The fourth-order valence-electron chi connectivity index (χ4n) is 2.56. The van der Waals surface area contributed by atoms with E-state index in [1.807, 2.05) is 13.8 Å². The molecule has 0 aliphatic heterocycles. The standard InChI is InChI=1S/C18H18F3N5O2/c1-11(2)26-15-13(9-25-26)6-14(8-23-15)16(27)24-7-12-4-3-5-22-17(12)28-10-18(19,20)21/h3-6,8-9,11H,7,10H2,1-2H3,(H,24,27).